The molecule has 1 aliphatic rings. The van der Waals surface area contributed by atoms with Crippen molar-refractivity contribution in [3.8, 4) is 0 Å². The molecule has 1 saturated heterocycles. The zero-order valence-corrected chi connectivity index (χ0v) is 22.4. The van der Waals surface area contributed by atoms with Crippen molar-refractivity contribution in [2.75, 3.05) is 37.4 Å². The molecule has 0 saturated carbocycles. The largest absolute Gasteiger partial charge is 0.355 e. The molecule has 3 heterocycles. The average molecular weight is 544 g/mol. The van der Waals surface area contributed by atoms with Gasteiger partial charge in [-0.25, -0.2) is 14.8 Å². The second-order valence-corrected chi connectivity index (χ2v) is 11.1. The van der Waals surface area contributed by atoms with E-state index in [9.17, 15) is 4.79 Å². The third-order valence-electron chi connectivity index (χ3n) is 6.41. The van der Waals surface area contributed by atoms with Crippen LogP contribution in [0.3, 0.4) is 0 Å². The number of benzene rings is 1. The molecule has 2 aromatic heterocycles. The summed E-state index contributed by atoms with van der Waals surface area (Å²) in [5, 5.41) is 8.33. The highest BCUT2D eigenvalue weighted by Gasteiger charge is 2.27. The summed E-state index contributed by atoms with van der Waals surface area (Å²) in [6, 6.07) is 12.6. The van der Waals surface area contributed by atoms with Crippen molar-refractivity contribution in [3.05, 3.63) is 69.3 Å². The Bertz CT molecular complexity index is 1110. The van der Waals surface area contributed by atoms with E-state index in [4.69, 9.17) is 0 Å². The molecular formula is C25H31BrN6OS. The summed E-state index contributed by atoms with van der Waals surface area (Å²) in [4.78, 5) is 26.3. The van der Waals surface area contributed by atoms with Gasteiger partial charge in [-0.3, -0.25) is 5.32 Å². The van der Waals surface area contributed by atoms with Crippen LogP contribution in [0.5, 0.6) is 0 Å². The van der Waals surface area contributed by atoms with E-state index in [-0.39, 0.29) is 11.4 Å². The third kappa shape index (κ3) is 5.76. The maximum absolute atomic E-state index is 12.4. The quantitative estimate of drug-likeness (QED) is 0.435. The number of aromatic nitrogens is 2. The molecule has 1 aliphatic heterocycles. The second-order valence-electron chi connectivity index (χ2n) is 9.35. The molecule has 0 radical (unpaired) electrons. The molecule has 0 bridgehead atoms. The van der Waals surface area contributed by atoms with Crippen LogP contribution in [0.25, 0.3) is 0 Å². The van der Waals surface area contributed by atoms with E-state index in [1.165, 1.54) is 16.9 Å². The number of thiazole rings is 1. The van der Waals surface area contributed by atoms with Crippen molar-refractivity contribution in [3.63, 3.8) is 0 Å². The average Bonchev–Trinajstić information content (AvgIpc) is 3.49. The molecule has 7 nitrogen and oxygen atoms in total. The Balaban J connectivity index is 1.29. The molecule has 1 atom stereocenters. The van der Waals surface area contributed by atoms with Crippen molar-refractivity contribution < 1.29 is 4.79 Å². The molecule has 0 spiro atoms. The molecule has 34 heavy (non-hydrogen) atoms. The van der Waals surface area contributed by atoms with Crippen LogP contribution in [0.4, 0.5) is 15.7 Å². The number of nitrogens with zero attached hydrogens (tertiary/aromatic N) is 4. The molecule has 0 aliphatic carbocycles. The Labute approximate surface area is 213 Å². The van der Waals surface area contributed by atoms with E-state index in [0.717, 1.165) is 41.1 Å². The topological polar surface area (TPSA) is 73.4 Å². The molecular weight excluding hydrogens is 512 g/mol. The lowest BCUT2D eigenvalue weighted by Crippen LogP contribution is -2.31. The number of anilines is 2. The van der Waals surface area contributed by atoms with Crippen LogP contribution in [0, 0.1) is 0 Å². The van der Waals surface area contributed by atoms with Crippen molar-refractivity contribution in [1.29, 1.82) is 0 Å². The lowest BCUT2D eigenvalue weighted by Gasteiger charge is -2.23. The van der Waals surface area contributed by atoms with Crippen molar-refractivity contribution in [1.82, 2.24) is 20.2 Å². The van der Waals surface area contributed by atoms with Gasteiger partial charge in [-0.05, 0) is 49.8 Å². The minimum Gasteiger partial charge on any atom is -0.355 e. The number of likely N-dealkylation sites (N-methyl/N-ethyl adjacent to an activating group) is 1. The summed E-state index contributed by atoms with van der Waals surface area (Å²) >= 11 is 4.91. The molecule has 2 N–H and O–H groups in total. The molecule has 4 rings (SSSR count). The van der Waals surface area contributed by atoms with Gasteiger partial charge in [0.2, 0.25) is 0 Å². The zero-order valence-electron chi connectivity index (χ0n) is 20.0. The van der Waals surface area contributed by atoms with Gasteiger partial charge < -0.3 is 15.1 Å². The van der Waals surface area contributed by atoms with Crippen LogP contribution in [0.15, 0.2) is 52.4 Å². The van der Waals surface area contributed by atoms with Crippen LogP contribution in [0.1, 0.15) is 37.1 Å². The Morgan fingerprint density at radius 1 is 1.24 bits per heavy atom. The van der Waals surface area contributed by atoms with Crippen molar-refractivity contribution in [2.45, 2.75) is 38.3 Å². The molecule has 180 valence electrons. The Morgan fingerprint density at radius 3 is 2.65 bits per heavy atom. The third-order valence-corrected chi connectivity index (χ3v) is 7.70. The van der Waals surface area contributed by atoms with E-state index in [1.807, 2.05) is 35.8 Å². The number of carbonyl (C=O) groups excluding carboxylic acids is 1. The number of rotatable bonds is 7. The van der Waals surface area contributed by atoms with Gasteiger partial charge >= 0.3 is 6.03 Å². The van der Waals surface area contributed by atoms with E-state index in [0.29, 0.717) is 17.7 Å². The monoisotopic (exact) mass is 542 g/mol. The highest BCUT2D eigenvalue weighted by molar-refractivity contribution is 9.10. The van der Waals surface area contributed by atoms with E-state index in [2.05, 4.69) is 86.4 Å². The Morgan fingerprint density at radius 2 is 2.00 bits per heavy atom. The first-order valence-corrected chi connectivity index (χ1v) is 13.0. The first-order chi connectivity index (χ1) is 16.2. The number of urea groups is 1. The number of hydrogen-bond acceptors (Lipinski definition) is 6. The Kier molecular flexibility index (Phi) is 7.54. The fraction of sp³-hybridized carbons (Fsp3) is 0.400. The fourth-order valence-electron chi connectivity index (χ4n) is 4.04. The molecule has 3 aromatic rings. The van der Waals surface area contributed by atoms with Crippen molar-refractivity contribution >= 4 is 44.2 Å². The molecule has 9 heteroatoms. The first kappa shape index (κ1) is 24.6. The summed E-state index contributed by atoms with van der Waals surface area (Å²) in [6.45, 7) is 6.68. The zero-order chi connectivity index (χ0) is 24.3. The van der Waals surface area contributed by atoms with Gasteiger partial charge in [-0.2, -0.15) is 0 Å². The summed E-state index contributed by atoms with van der Waals surface area (Å²) in [5.74, 6) is 0.987. The van der Waals surface area contributed by atoms with E-state index < -0.39 is 0 Å². The van der Waals surface area contributed by atoms with Gasteiger partial charge in [0, 0.05) is 47.1 Å². The summed E-state index contributed by atoms with van der Waals surface area (Å²) in [5.41, 5.74) is 2.79. The van der Waals surface area contributed by atoms with Crippen LogP contribution >= 0.6 is 27.3 Å². The number of amides is 2. The second kappa shape index (κ2) is 10.4. The highest BCUT2D eigenvalue weighted by Crippen LogP contribution is 2.34. The van der Waals surface area contributed by atoms with Gasteiger partial charge in [0.15, 0.2) is 5.13 Å². The predicted molar refractivity (Wildman–Crippen MR) is 143 cm³/mol. The van der Waals surface area contributed by atoms with E-state index >= 15 is 0 Å². The summed E-state index contributed by atoms with van der Waals surface area (Å²) < 4.78 is 1.04. The normalized spacial score (nSPS) is 16.2. The summed E-state index contributed by atoms with van der Waals surface area (Å²) in [6.07, 6.45) is 2.98. The number of nitrogens with one attached hydrogen (secondary N) is 2. The standard InChI is InChI=1S/C25H31BrN6OS/c1-25(2,18-6-8-19(26)9-7-18)21-16-34-24(29-21)30-23(33)28-14-17-5-10-22(27-13-17)32-12-11-20(15-32)31(3)4/h5-10,13,16,20H,11-12,14-15H2,1-4H3,(H2,28,29,30,33). The van der Waals surface area contributed by atoms with Gasteiger partial charge in [0.05, 0.1) is 5.69 Å². The van der Waals surface area contributed by atoms with Crippen LogP contribution in [-0.2, 0) is 12.0 Å². The molecule has 1 fully saturated rings. The predicted octanol–water partition coefficient (Wildman–Crippen LogP) is 5.09. The number of halogens is 1. The fourth-order valence-corrected chi connectivity index (χ4v) is 5.17. The van der Waals surface area contributed by atoms with E-state index in [1.54, 1.807) is 0 Å². The molecule has 1 aromatic carbocycles. The SMILES string of the molecule is CN(C)C1CCN(c2ccc(CNC(=O)Nc3nc(C(C)(C)c4ccc(Br)cc4)cs3)cn2)C1. The van der Waals surface area contributed by atoms with Crippen LogP contribution < -0.4 is 15.5 Å². The van der Waals surface area contributed by atoms with Gasteiger partial charge in [0.1, 0.15) is 5.82 Å². The highest BCUT2D eigenvalue weighted by atomic mass is 79.9. The minimum absolute atomic E-state index is 0.261. The maximum Gasteiger partial charge on any atom is 0.321 e. The number of pyridine rings is 1. The summed E-state index contributed by atoms with van der Waals surface area (Å²) in [7, 11) is 4.24. The molecule has 1 unspecified atom stereocenters. The van der Waals surface area contributed by atoms with Crippen molar-refractivity contribution in [2.24, 2.45) is 0 Å². The maximum atomic E-state index is 12.4. The van der Waals surface area contributed by atoms with Gasteiger partial charge in [0.25, 0.3) is 0 Å². The lowest BCUT2D eigenvalue weighted by molar-refractivity contribution is 0.251. The number of hydrogen-bond donors (Lipinski definition) is 2. The first-order valence-electron chi connectivity index (χ1n) is 11.4. The number of carbonyl (C=O) groups is 1. The smallest absolute Gasteiger partial charge is 0.321 e. The van der Waals surface area contributed by atoms with Crippen LogP contribution in [-0.4, -0.2) is 54.1 Å². The Hall–Kier alpha value is -2.49. The van der Waals surface area contributed by atoms with Gasteiger partial charge in [-0.1, -0.05) is 48.0 Å². The lowest BCUT2D eigenvalue weighted by atomic mass is 9.82. The van der Waals surface area contributed by atoms with Gasteiger partial charge in [-0.15, -0.1) is 11.3 Å². The molecule has 2 amide bonds. The minimum atomic E-state index is -0.278. The van der Waals surface area contributed by atoms with Crippen LogP contribution in [0.2, 0.25) is 0 Å².